The van der Waals surface area contributed by atoms with Crippen LogP contribution in [0.1, 0.15) is 14.9 Å². The number of fused-ring (bicyclic) bond motifs is 2. The molecule has 17 nitrogen and oxygen atoms in total. The van der Waals surface area contributed by atoms with Crippen LogP contribution < -0.4 is 31.9 Å². The fraction of sp³-hybridized carbons (Fsp3) is 0.359. The van der Waals surface area contributed by atoms with Crippen molar-refractivity contribution in [2.45, 2.75) is 14.9 Å². The number of nitrogens with two attached hydrogens (primary N) is 2. The van der Waals surface area contributed by atoms with Gasteiger partial charge in [-0.2, -0.15) is 0 Å². The number of nitrogen functional groups attached to an aromatic ring is 1. The summed E-state index contributed by atoms with van der Waals surface area (Å²) in [4.78, 5) is 25.8. The lowest BCUT2D eigenvalue weighted by Crippen LogP contribution is -2.37. The number of aromatic nitrogens is 6. The average molecular weight is 771 g/mol. The van der Waals surface area contributed by atoms with Gasteiger partial charge in [-0.05, 0) is 72.8 Å². The Labute approximate surface area is 326 Å². The molecular weight excluding hydrogens is 717 g/mol. The van der Waals surface area contributed by atoms with Gasteiger partial charge in [0.25, 0.3) is 0 Å². The molecule has 6 aromatic rings. The highest BCUT2D eigenvalue weighted by Gasteiger charge is 2.20. The molecule has 8 rings (SSSR count). The maximum Gasteiger partial charge on any atom is 0.319 e. The van der Waals surface area contributed by atoms with Gasteiger partial charge in [-0.25, -0.2) is 23.8 Å². The first-order valence-electron chi connectivity index (χ1n) is 17.8. The van der Waals surface area contributed by atoms with Crippen molar-refractivity contribution in [2.24, 2.45) is 5.73 Å². The number of hydrogen-bond acceptors (Lipinski definition) is 13. The van der Waals surface area contributed by atoms with Gasteiger partial charge in [-0.1, -0.05) is 14.9 Å². The third-order valence-electron chi connectivity index (χ3n) is 8.46. The van der Waals surface area contributed by atoms with Crippen molar-refractivity contribution in [1.82, 2.24) is 34.5 Å². The largest absolute Gasteiger partial charge is 0.399 e. The Morgan fingerprint density at radius 3 is 1.57 bits per heavy atom. The van der Waals surface area contributed by atoms with Crippen molar-refractivity contribution in [3.8, 4) is 22.8 Å². The minimum Gasteiger partial charge on any atom is -0.399 e. The number of aliphatic hydroxyl groups is 2. The van der Waals surface area contributed by atoms with Gasteiger partial charge in [0.15, 0.2) is 23.3 Å². The first-order chi connectivity index (χ1) is 26.5. The van der Waals surface area contributed by atoms with E-state index in [0.717, 1.165) is 78.9 Å². The van der Waals surface area contributed by atoms with Gasteiger partial charge < -0.3 is 51.6 Å². The summed E-state index contributed by atoms with van der Waals surface area (Å²) in [5.74, 6) is 3.16. The van der Waals surface area contributed by atoms with Crippen LogP contribution in [0.4, 0.5) is 27.8 Å². The van der Waals surface area contributed by atoms with Gasteiger partial charge in [0.2, 0.25) is 0 Å². The standard InChI is InChI=1S/C19H22N6O3.C16H17N5O.C2H7NO.2CH4/c26-11-7-20-19(27)21-15-5-3-14(4-6-15)17-22-18(24-9-12-28-13-10-24)16-2-1-8-25(16)23-17;17-13-5-3-12(4-6-13)15-18-16(20-8-10-22-11-9-20)14-2-1-7-21(14)19-15;3-1-2-4;;/h1-6,8,26H,7,9-13H2,(H2,20,21,27);1-7H,8-11,17H2;4H,1-3H2;2*1H4. The molecule has 8 N–H and O–H groups in total. The third-order valence-corrected chi connectivity index (χ3v) is 8.46. The van der Waals surface area contributed by atoms with E-state index in [4.69, 9.17) is 41.1 Å². The first-order valence-corrected chi connectivity index (χ1v) is 17.8. The number of ether oxygens (including phenoxy) is 2. The summed E-state index contributed by atoms with van der Waals surface area (Å²) < 4.78 is 14.6. The number of nitrogens with zero attached hydrogens (tertiary/aromatic N) is 8. The van der Waals surface area contributed by atoms with Crippen molar-refractivity contribution < 1.29 is 24.5 Å². The molecule has 6 heterocycles. The number of amides is 2. The Bertz CT molecular complexity index is 2070. The zero-order valence-electron chi connectivity index (χ0n) is 29.9. The van der Waals surface area contributed by atoms with Crippen LogP contribution >= 0.6 is 0 Å². The second kappa shape index (κ2) is 21.3. The first kappa shape index (κ1) is 42.9. The molecule has 0 saturated carbocycles. The van der Waals surface area contributed by atoms with E-state index in [1.165, 1.54) is 0 Å². The normalized spacial score (nSPS) is 13.7. The number of carbonyl (C=O) groups is 1. The highest BCUT2D eigenvalue weighted by Crippen LogP contribution is 2.27. The molecule has 0 atom stereocenters. The predicted octanol–water partition coefficient (Wildman–Crippen LogP) is 3.37. The average Bonchev–Trinajstić information content (AvgIpc) is 3.91. The minimum atomic E-state index is -0.360. The quantitative estimate of drug-likeness (QED) is 0.123. The second-order valence-corrected chi connectivity index (χ2v) is 12.2. The van der Waals surface area contributed by atoms with Crippen molar-refractivity contribution in [3.05, 3.63) is 85.2 Å². The van der Waals surface area contributed by atoms with Crippen molar-refractivity contribution in [1.29, 1.82) is 0 Å². The van der Waals surface area contributed by atoms with Gasteiger partial charge in [0.05, 0.1) is 39.6 Å². The van der Waals surface area contributed by atoms with E-state index in [0.29, 0.717) is 37.1 Å². The Morgan fingerprint density at radius 2 is 1.14 bits per heavy atom. The van der Waals surface area contributed by atoms with Gasteiger partial charge in [0.1, 0.15) is 11.0 Å². The van der Waals surface area contributed by atoms with Crippen LogP contribution in [0.5, 0.6) is 0 Å². The number of nitrogens with one attached hydrogen (secondary N) is 2. The number of morpholine rings is 2. The van der Waals surface area contributed by atoms with Crippen molar-refractivity contribution >= 4 is 40.1 Å². The molecule has 2 aromatic carbocycles. The Hall–Kier alpha value is -5.85. The Morgan fingerprint density at radius 1 is 0.696 bits per heavy atom. The van der Waals surface area contributed by atoms with Crippen LogP contribution in [0.2, 0.25) is 0 Å². The third kappa shape index (κ3) is 10.9. The van der Waals surface area contributed by atoms with Gasteiger partial charge in [0, 0.05) is 74.2 Å². The molecule has 0 bridgehead atoms. The Balaban J connectivity index is 0.000000224. The summed E-state index contributed by atoms with van der Waals surface area (Å²) in [7, 11) is 0. The number of hydrogen-bond donors (Lipinski definition) is 6. The van der Waals surface area contributed by atoms with Crippen molar-refractivity contribution in [3.63, 3.8) is 0 Å². The van der Waals surface area contributed by atoms with Gasteiger partial charge in [-0.15, -0.1) is 10.2 Å². The predicted molar refractivity (Wildman–Crippen MR) is 221 cm³/mol. The molecule has 0 spiro atoms. The molecule has 56 heavy (non-hydrogen) atoms. The summed E-state index contributed by atoms with van der Waals surface area (Å²) in [5, 5.41) is 31.0. The highest BCUT2D eigenvalue weighted by atomic mass is 16.5. The minimum absolute atomic E-state index is 0. The van der Waals surface area contributed by atoms with E-state index < -0.39 is 0 Å². The lowest BCUT2D eigenvalue weighted by atomic mass is 10.2. The summed E-state index contributed by atoms with van der Waals surface area (Å²) in [5.41, 5.74) is 15.7. The second-order valence-electron chi connectivity index (χ2n) is 12.2. The van der Waals surface area contributed by atoms with Crippen LogP contribution in [0.3, 0.4) is 0 Å². The van der Waals surface area contributed by atoms with Crippen LogP contribution in [0.15, 0.2) is 85.2 Å². The molecule has 2 fully saturated rings. The monoisotopic (exact) mass is 770 g/mol. The number of rotatable bonds is 8. The summed E-state index contributed by atoms with van der Waals surface area (Å²) in [6.07, 6.45) is 3.85. The molecule has 300 valence electrons. The van der Waals surface area contributed by atoms with E-state index in [-0.39, 0.29) is 40.6 Å². The molecular formula is C39H54N12O5. The van der Waals surface area contributed by atoms with E-state index in [2.05, 4.69) is 30.6 Å². The van der Waals surface area contributed by atoms with Crippen LogP contribution in [0, 0.1) is 0 Å². The molecule has 2 amide bonds. The van der Waals surface area contributed by atoms with Crippen LogP contribution in [-0.2, 0) is 9.47 Å². The lowest BCUT2D eigenvalue weighted by molar-refractivity contribution is 0.122. The molecule has 0 aliphatic carbocycles. The van der Waals surface area contributed by atoms with Crippen molar-refractivity contribution in [2.75, 3.05) is 99.8 Å². The van der Waals surface area contributed by atoms with Gasteiger partial charge >= 0.3 is 6.03 Å². The molecule has 0 radical (unpaired) electrons. The zero-order chi connectivity index (χ0) is 37.7. The topological polar surface area (TPSA) is 219 Å². The SMILES string of the molecule is C.C.NCCO.Nc1ccc(-c2nc(N3CCOCC3)c3cccn3n2)cc1.O=C(NCCO)Nc1ccc(-c2nc(N3CCOCC3)c3cccn3n2)cc1. The van der Waals surface area contributed by atoms with Gasteiger partial charge in [-0.3, -0.25) is 0 Å². The van der Waals surface area contributed by atoms with E-state index in [9.17, 15) is 4.79 Å². The Kier molecular flexibility index (Phi) is 16.3. The molecule has 4 aromatic heterocycles. The smallest absolute Gasteiger partial charge is 0.319 e. The maximum atomic E-state index is 11.7. The number of aliphatic hydroxyl groups excluding tert-OH is 2. The number of urea groups is 1. The lowest BCUT2D eigenvalue weighted by Gasteiger charge is -2.28. The molecule has 0 unspecified atom stereocenters. The number of anilines is 4. The molecule has 2 aliphatic rings. The van der Waals surface area contributed by atoms with E-state index in [1.807, 2.05) is 82.1 Å². The fourth-order valence-electron chi connectivity index (χ4n) is 5.78. The van der Waals surface area contributed by atoms with E-state index in [1.54, 1.807) is 12.1 Å². The summed E-state index contributed by atoms with van der Waals surface area (Å²) in [6.45, 7) is 6.69. The zero-order valence-corrected chi connectivity index (χ0v) is 29.9. The number of carbonyl (C=O) groups excluding carboxylic acids is 1. The van der Waals surface area contributed by atoms with E-state index >= 15 is 0 Å². The number of benzene rings is 2. The maximum absolute atomic E-state index is 11.7. The molecule has 2 aliphatic heterocycles. The summed E-state index contributed by atoms with van der Waals surface area (Å²) in [6, 6.07) is 22.6. The molecule has 17 heteroatoms. The van der Waals surface area contributed by atoms with Crippen LogP contribution in [0.25, 0.3) is 33.8 Å². The molecule has 2 saturated heterocycles. The van der Waals surface area contributed by atoms with Crippen LogP contribution in [-0.4, -0.2) is 124 Å². The summed E-state index contributed by atoms with van der Waals surface area (Å²) >= 11 is 0. The fourth-order valence-corrected chi connectivity index (χ4v) is 5.78. The highest BCUT2D eigenvalue weighted by molar-refractivity contribution is 5.89.